The summed E-state index contributed by atoms with van der Waals surface area (Å²) in [6.07, 6.45) is 0. The van der Waals surface area contributed by atoms with Crippen LogP contribution < -0.4 is 0 Å². The number of fused-ring (bicyclic) bond motifs is 1. The average Bonchev–Trinajstić information content (AvgIpc) is 2.39. The molecule has 0 spiro atoms. The quantitative estimate of drug-likeness (QED) is 0.645. The second-order valence-corrected chi connectivity index (χ2v) is 3.47. The van der Waals surface area contributed by atoms with Crippen molar-refractivity contribution in [2.75, 3.05) is 0 Å². The molecule has 0 N–H and O–H groups in total. The van der Waals surface area contributed by atoms with Crippen molar-refractivity contribution >= 4 is 10.9 Å². The smallest absolute Gasteiger partial charge is 0.00878 e. The van der Waals surface area contributed by atoms with Crippen molar-refractivity contribution in [3.05, 3.63) is 60.7 Å². The van der Waals surface area contributed by atoms with Crippen LogP contribution in [0.5, 0.6) is 0 Å². The number of aromatic nitrogens is 2. The Kier molecular flexibility index (Phi) is 3.98. The molecule has 0 bridgehead atoms. The Balaban J connectivity index is 0.00000108. The van der Waals surface area contributed by atoms with Crippen LogP contribution in [0.4, 0.5) is 0 Å². The van der Waals surface area contributed by atoms with Gasteiger partial charge in [-0.25, -0.2) is 10.2 Å². The molecule has 0 amide bonds. The van der Waals surface area contributed by atoms with Crippen molar-refractivity contribution in [2.45, 2.75) is 0 Å². The molecule has 2 aromatic carbocycles. The predicted molar refractivity (Wildman–Crippen MR) is 62.6 cm³/mol. The van der Waals surface area contributed by atoms with Crippen molar-refractivity contribution in [1.29, 1.82) is 0 Å². The van der Waals surface area contributed by atoms with Crippen LogP contribution in [-0.2, 0) is 32.7 Å². The Hall–Kier alpha value is -1.12. The molecule has 0 fully saturated rings. The molecule has 0 aliphatic carbocycles. The van der Waals surface area contributed by atoms with E-state index in [1.165, 1.54) is 0 Å². The minimum absolute atomic E-state index is 0. The maximum atomic E-state index is 4.16. The third-order valence-electron chi connectivity index (χ3n) is 2.38. The molecule has 3 heteroatoms. The Morgan fingerprint density at radius 3 is 2.53 bits per heavy atom. The van der Waals surface area contributed by atoms with E-state index in [0.717, 1.165) is 22.2 Å². The molecule has 2 nitrogen and oxygen atoms in total. The first-order valence-electron chi connectivity index (χ1n) is 5.05. The van der Waals surface area contributed by atoms with Gasteiger partial charge in [0.15, 0.2) is 0 Å². The second kappa shape index (κ2) is 5.48. The molecule has 17 heavy (non-hydrogen) atoms. The average molecular weight is 293 g/mol. The Labute approximate surface area is 125 Å². The monoisotopic (exact) mass is 293 g/mol. The topological polar surface area (TPSA) is 25.8 Å². The van der Waals surface area contributed by atoms with Gasteiger partial charge in [-0.15, -0.1) is 23.6 Å². The summed E-state index contributed by atoms with van der Waals surface area (Å²) in [6.45, 7) is 0. The van der Waals surface area contributed by atoms with Gasteiger partial charge in [0, 0.05) is 38.2 Å². The van der Waals surface area contributed by atoms with Crippen molar-refractivity contribution < 1.29 is 32.7 Å². The Bertz CT molecular complexity index is 623. The summed E-state index contributed by atoms with van der Waals surface area (Å²) < 4.78 is 0. The van der Waals surface area contributed by atoms with Gasteiger partial charge in [-0.05, 0) is 0 Å². The van der Waals surface area contributed by atoms with Crippen molar-refractivity contribution in [2.24, 2.45) is 0 Å². The minimum atomic E-state index is 0. The first-order chi connectivity index (χ1) is 7.93. The standard InChI is InChI=1S/C14H8N2.Y/c1-2-6-11(7-3-1)14-10-12-8-4-5-9-13(12)15-16-14;/h1-6,8-9H;/q-2;. The maximum Gasteiger partial charge on any atom is 0.00878 e. The first kappa shape index (κ1) is 12.3. The summed E-state index contributed by atoms with van der Waals surface area (Å²) >= 11 is 0. The summed E-state index contributed by atoms with van der Waals surface area (Å²) in [5.74, 6) is 0. The fourth-order valence-electron chi connectivity index (χ4n) is 1.58. The summed E-state index contributed by atoms with van der Waals surface area (Å²) in [5, 5.41) is 9.27. The van der Waals surface area contributed by atoms with Gasteiger partial charge >= 0.3 is 0 Å². The Morgan fingerprint density at radius 2 is 1.71 bits per heavy atom. The molecule has 1 radical (unpaired) electrons. The summed E-state index contributed by atoms with van der Waals surface area (Å²) in [6, 6.07) is 21.9. The molecule has 3 rings (SSSR count). The van der Waals surface area contributed by atoms with Crippen molar-refractivity contribution in [3.8, 4) is 11.3 Å². The zero-order valence-corrected chi connectivity index (χ0v) is 11.9. The molecule has 0 atom stereocenters. The fraction of sp³-hybridized carbons (Fsp3) is 0. The van der Waals surface area contributed by atoms with Crippen LogP contribution in [0.3, 0.4) is 0 Å². The molecule has 3 aromatic rings. The van der Waals surface area contributed by atoms with Gasteiger partial charge in [0.05, 0.1) is 0 Å². The molecule has 1 heterocycles. The van der Waals surface area contributed by atoms with Crippen LogP contribution in [0.25, 0.3) is 22.2 Å². The number of hydrogen-bond acceptors (Lipinski definition) is 2. The Morgan fingerprint density at radius 1 is 0.882 bits per heavy atom. The van der Waals surface area contributed by atoms with Gasteiger partial charge in [-0.2, -0.15) is 35.9 Å². The molecule has 0 saturated carbocycles. The number of nitrogens with zero attached hydrogens (tertiary/aromatic N) is 2. The largest absolute Gasteiger partial charge is 0.231 e. The van der Waals surface area contributed by atoms with E-state index in [4.69, 9.17) is 0 Å². The van der Waals surface area contributed by atoms with Gasteiger partial charge in [0.2, 0.25) is 0 Å². The fourth-order valence-corrected chi connectivity index (χ4v) is 1.58. The molecule has 0 aliphatic heterocycles. The normalized spacial score (nSPS) is 9.88. The van der Waals surface area contributed by atoms with Crippen LogP contribution in [0.2, 0.25) is 0 Å². The zero-order valence-electron chi connectivity index (χ0n) is 9.09. The zero-order chi connectivity index (χ0) is 10.8. The van der Waals surface area contributed by atoms with Gasteiger partial charge in [0.25, 0.3) is 0 Å². The van der Waals surface area contributed by atoms with E-state index in [-0.39, 0.29) is 32.7 Å². The molecule has 0 unspecified atom stereocenters. The molecule has 0 aliphatic rings. The van der Waals surface area contributed by atoms with Crippen LogP contribution in [0.15, 0.2) is 48.5 Å². The first-order valence-corrected chi connectivity index (χ1v) is 5.05. The van der Waals surface area contributed by atoms with E-state index in [2.05, 4.69) is 22.3 Å². The maximum absolute atomic E-state index is 4.16. The summed E-state index contributed by atoms with van der Waals surface area (Å²) in [5.41, 5.74) is 2.52. The van der Waals surface area contributed by atoms with E-state index < -0.39 is 0 Å². The van der Waals surface area contributed by atoms with Gasteiger partial charge in [-0.1, -0.05) is 17.8 Å². The van der Waals surface area contributed by atoms with E-state index >= 15 is 0 Å². The van der Waals surface area contributed by atoms with E-state index in [0.29, 0.717) is 0 Å². The molecule has 1 aromatic heterocycles. The number of benzene rings is 2. The van der Waals surface area contributed by atoms with Gasteiger partial charge < -0.3 is 0 Å². The van der Waals surface area contributed by atoms with E-state index in [1.54, 1.807) is 0 Å². The van der Waals surface area contributed by atoms with Crippen LogP contribution in [0, 0.1) is 12.1 Å². The van der Waals surface area contributed by atoms with Crippen molar-refractivity contribution in [3.63, 3.8) is 0 Å². The second-order valence-electron chi connectivity index (χ2n) is 3.47. The molecular weight excluding hydrogens is 285 g/mol. The number of hydrogen-bond donors (Lipinski definition) is 0. The molecular formula is C14H8N2Y-2. The van der Waals surface area contributed by atoms with Crippen molar-refractivity contribution in [1.82, 2.24) is 10.2 Å². The number of rotatable bonds is 1. The third kappa shape index (κ3) is 2.59. The molecule has 79 valence electrons. The van der Waals surface area contributed by atoms with E-state index in [1.807, 2.05) is 48.5 Å². The summed E-state index contributed by atoms with van der Waals surface area (Å²) in [7, 11) is 0. The van der Waals surface area contributed by atoms with Gasteiger partial charge in [0.1, 0.15) is 0 Å². The predicted octanol–water partition coefficient (Wildman–Crippen LogP) is 2.89. The third-order valence-corrected chi connectivity index (χ3v) is 2.38. The van der Waals surface area contributed by atoms with E-state index in [9.17, 15) is 0 Å². The van der Waals surface area contributed by atoms with Crippen LogP contribution in [-0.4, -0.2) is 10.2 Å². The van der Waals surface area contributed by atoms with Gasteiger partial charge in [-0.3, -0.25) is 0 Å². The van der Waals surface area contributed by atoms with Crippen LogP contribution in [0.1, 0.15) is 0 Å². The molecule has 0 saturated heterocycles. The minimum Gasteiger partial charge on any atom is -0.231 e. The SMILES string of the molecule is [Y].[c-]1ccccc1-c1[c-]c2ccccc2nn1. The van der Waals surface area contributed by atoms with Crippen LogP contribution >= 0.6 is 0 Å². The summed E-state index contributed by atoms with van der Waals surface area (Å²) in [4.78, 5) is 0.